The Hall–Kier alpha value is -0.450. The van der Waals surface area contributed by atoms with Crippen LogP contribution in [0.2, 0.25) is 0 Å². The maximum Gasteiger partial charge on any atom is 0.125 e. The Bertz CT molecular complexity index is 383. The summed E-state index contributed by atoms with van der Waals surface area (Å²) in [5.74, 6) is 0.823. The molecule has 3 nitrogen and oxygen atoms in total. The summed E-state index contributed by atoms with van der Waals surface area (Å²) in [5.41, 5.74) is -0.122. The maximum absolute atomic E-state index is 5.87. The number of methoxy groups -OCH3 is 1. The summed E-state index contributed by atoms with van der Waals surface area (Å²) in [6, 6.07) is 0.368. The van der Waals surface area contributed by atoms with Crippen LogP contribution in [0.1, 0.15) is 55.5 Å². The summed E-state index contributed by atoms with van der Waals surface area (Å²) < 4.78 is 5.87. The van der Waals surface area contributed by atoms with Gasteiger partial charge in [0.1, 0.15) is 10.6 Å². The van der Waals surface area contributed by atoms with Gasteiger partial charge in [0.2, 0.25) is 0 Å². The first-order valence-electron chi connectivity index (χ1n) is 6.80. The van der Waals surface area contributed by atoms with E-state index in [1.807, 2.05) is 20.4 Å². The van der Waals surface area contributed by atoms with Crippen LogP contribution < -0.4 is 5.32 Å². The molecule has 0 aromatic carbocycles. The van der Waals surface area contributed by atoms with Crippen LogP contribution >= 0.6 is 11.3 Å². The fourth-order valence-electron chi connectivity index (χ4n) is 2.57. The average Bonchev–Trinajstić information content (AvgIpc) is 2.89. The molecule has 2 rings (SSSR count). The summed E-state index contributed by atoms with van der Waals surface area (Å²) in [6.07, 6.45) is 6.69. The smallest absolute Gasteiger partial charge is 0.125 e. The summed E-state index contributed by atoms with van der Waals surface area (Å²) >= 11 is 1.80. The van der Waals surface area contributed by atoms with Crippen LogP contribution in [-0.2, 0) is 10.3 Å². The maximum atomic E-state index is 5.87. The molecule has 1 atom stereocenters. The predicted octanol–water partition coefficient (Wildman–Crippen LogP) is 3.48. The third-order valence-electron chi connectivity index (χ3n) is 4.25. The number of nitrogens with zero attached hydrogens (tertiary/aromatic N) is 1. The second-order valence-electron chi connectivity index (χ2n) is 5.46. The standard InChI is InChI=1S/C14H24N2OS/c1-10-5-7-14(17-4,8-6-10)13-16-9-12(18-13)11(2)15-3/h9-11,15H,5-8H2,1-4H3. The average molecular weight is 268 g/mol. The van der Waals surface area contributed by atoms with Crippen molar-refractivity contribution in [2.24, 2.45) is 5.92 Å². The zero-order valence-electron chi connectivity index (χ0n) is 11.8. The van der Waals surface area contributed by atoms with Gasteiger partial charge < -0.3 is 10.1 Å². The SMILES string of the molecule is CNC(C)c1cnc(C2(OC)CCC(C)CC2)s1. The Kier molecular flexibility index (Phi) is 4.41. The van der Waals surface area contributed by atoms with Crippen molar-refractivity contribution >= 4 is 11.3 Å². The van der Waals surface area contributed by atoms with Gasteiger partial charge in [0.05, 0.1) is 0 Å². The zero-order valence-corrected chi connectivity index (χ0v) is 12.6. The number of hydrogen-bond acceptors (Lipinski definition) is 4. The Morgan fingerprint density at radius 3 is 2.72 bits per heavy atom. The first-order valence-corrected chi connectivity index (χ1v) is 7.61. The van der Waals surface area contributed by atoms with Gasteiger partial charge in [0.25, 0.3) is 0 Å². The molecule has 1 saturated carbocycles. The number of hydrogen-bond donors (Lipinski definition) is 1. The molecule has 0 spiro atoms. The molecule has 0 amide bonds. The first-order chi connectivity index (χ1) is 8.61. The van der Waals surface area contributed by atoms with Crippen LogP contribution in [0.3, 0.4) is 0 Å². The minimum atomic E-state index is -0.122. The van der Waals surface area contributed by atoms with Crippen LogP contribution in [0.25, 0.3) is 0 Å². The highest BCUT2D eigenvalue weighted by Crippen LogP contribution is 2.43. The number of rotatable bonds is 4. The van der Waals surface area contributed by atoms with Crippen molar-refractivity contribution in [3.05, 3.63) is 16.1 Å². The molecule has 0 aliphatic heterocycles. The molecular formula is C14H24N2OS. The first kappa shape index (κ1) is 14.0. The molecule has 0 bridgehead atoms. The van der Waals surface area contributed by atoms with Gasteiger partial charge in [-0.05, 0) is 45.6 Å². The predicted molar refractivity (Wildman–Crippen MR) is 75.9 cm³/mol. The summed E-state index contributed by atoms with van der Waals surface area (Å²) in [6.45, 7) is 4.50. The van der Waals surface area contributed by atoms with E-state index < -0.39 is 0 Å². The van der Waals surface area contributed by atoms with Crippen molar-refractivity contribution in [2.45, 2.75) is 51.2 Å². The van der Waals surface area contributed by atoms with Gasteiger partial charge in [0.15, 0.2) is 0 Å². The summed E-state index contributed by atoms with van der Waals surface area (Å²) in [4.78, 5) is 5.92. The minimum absolute atomic E-state index is 0.122. The van der Waals surface area contributed by atoms with Crippen molar-refractivity contribution in [3.8, 4) is 0 Å². The van der Waals surface area contributed by atoms with Crippen LogP contribution in [0.5, 0.6) is 0 Å². The van der Waals surface area contributed by atoms with Crippen molar-refractivity contribution in [2.75, 3.05) is 14.2 Å². The molecule has 0 saturated heterocycles. The molecule has 1 heterocycles. The highest BCUT2D eigenvalue weighted by atomic mass is 32.1. The minimum Gasteiger partial charge on any atom is -0.371 e. The van der Waals surface area contributed by atoms with Gasteiger partial charge in [-0.2, -0.15) is 0 Å². The van der Waals surface area contributed by atoms with Crippen molar-refractivity contribution < 1.29 is 4.74 Å². The third kappa shape index (κ3) is 2.60. The highest BCUT2D eigenvalue weighted by molar-refractivity contribution is 7.11. The van der Waals surface area contributed by atoms with Gasteiger partial charge in [-0.25, -0.2) is 4.98 Å². The van der Waals surface area contributed by atoms with E-state index in [-0.39, 0.29) is 5.60 Å². The van der Waals surface area contributed by atoms with Crippen LogP contribution in [0.4, 0.5) is 0 Å². The number of nitrogens with one attached hydrogen (secondary N) is 1. The van der Waals surface area contributed by atoms with E-state index in [2.05, 4.69) is 24.1 Å². The third-order valence-corrected chi connectivity index (χ3v) is 5.61. The second-order valence-corrected chi connectivity index (χ2v) is 6.52. The Labute approximate surface area is 114 Å². The molecule has 0 radical (unpaired) electrons. The molecule has 1 N–H and O–H groups in total. The van der Waals surface area contributed by atoms with Crippen molar-refractivity contribution in [1.29, 1.82) is 0 Å². The van der Waals surface area contributed by atoms with E-state index in [1.165, 1.54) is 17.7 Å². The topological polar surface area (TPSA) is 34.2 Å². The molecule has 1 aromatic rings. The van der Waals surface area contributed by atoms with Gasteiger partial charge in [0, 0.05) is 24.2 Å². The van der Waals surface area contributed by atoms with E-state index in [4.69, 9.17) is 4.74 Å². The Balaban J connectivity index is 2.20. The molecule has 1 aromatic heterocycles. The van der Waals surface area contributed by atoms with E-state index in [1.54, 1.807) is 11.3 Å². The number of ether oxygens (including phenoxy) is 1. The van der Waals surface area contributed by atoms with E-state index in [0.717, 1.165) is 23.8 Å². The van der Waals surface area contributed by atoms with Gasteiger partial charge in [-0.1, -0.05) is 6.92 Å². The zero-order chi connectivity index (χ0) is 13.2. The van der Waals surface area contributed by atoms with E-state index >= 15 is 0 Å². The van der Waals surface area contributed by atoms with Crippen LogP contribution in [0.15, 0.2) is 6.20 Å². The van der Waals surface area contributed by atoms with Gasteiger partial charge in [-0.15, -0.1) is 11.3 Å². The van der Waals surface area contributed by atoms with E-state index in [0.29, 0.717) is 6.04 Å². The van der Waals surface area contributed by atoms with Gasteiger partial charge >= 0.3 is 0 Å². The largest absolute Gasteiger partial charge is 0.371 e. The van der Waals surface area contributed by atoms with Crippen LogP contribution in [0, 0.1) is 5.92 Å². The lowest BCUT2D eigenvalue weighted by molar-refractivity contribution is -0.0531. The normalized spacial score (nSPS) is 30.3. The van der Waals surface area contributed by atoms with Gasteiger partial charge in [-0.3, -0.25) is 0 Å². The quantitative estimate of drug-likeness (QED) is 0.908. The monoisotopic (exact) mass is 268 g/mol. The fourth-order valence-corrected chi connectivity index (χ4v) is 3.78. The Morgan fingerprint density at radius 1 is 1.50 bits per heavy atom. The molecule has 4 heteroatoms. The lowest BCUT2D eigenvalue weighted by atomic mass is 9.80. The molecular weight excluding hydrogens is 244 g/mol. The van der Waals surface area contributed by atoms with Crippen molar-refractivity contribution in [1.82, 2.24) is 10.3 Å². The molecule has 1 unspecified atom stereocenters. The summed E-state index contributed by atoms with van der Waals surface area (Å²) in [7, 11) is 3.82. The molecule has 102 valence electrons. The summed E-state index contributed by atoms with van der Waals surface area (Å²) in [5, 5.41) is 4.43. The highest BCUT2D eigenvalue weighted by Gasteiger charge is 2.38. The molecule has 1 aliphatic carbocycles. The molecule has 1 aliphatic rings. The lowest BCUT2D eigenvalue weighted by Crippen LogP contribution is -2.33. The Morgan fingerprint density at radius 2 is 2.17 bits per heavy atom. The lowest BCUT2D eigenvalue weighted by Gasteiger charge is -2.36. The number of thiazole rings is 1. The second kappa shape index (κ2) is 5.68. The molecule has 18 heavy (non-hydrogen) atoms. The fraction of sp³-hybridized carbons (Fsp3) is 0.786. The van der Waals surface area contributed by atoms with E-state index in [9.17, 15) is 0 Å². The van der Waals surface area contributed by atoms with Crippen LogP contribution in [-0.4, -0.2) is 19.1 Å². The molecule has 1 fully saturated rings. The van der Waals surface area contributed by atoms with Crippen molar-refractivity contribution in [3.63, 3.8) is 0 Å². The number of aromatic nitrogens is 1.